The van der Waals surface area contributed by atoms with Crippen molar-refractivity contribution in [3.05, 3.63) is 76.1 Å². The predicted octanol–water partition coefficient (Wildman–Crippen LogP) is 4.52. The zero-order valence-electron chi connectivity index (χ0n) is 18.3. The molecule has 164 valence electrons. The van der Waals surface area contributed by atoms with Crippen LogP contribution in [0.5, 0.6) is 5.75 Å². The molecular formula is C24H23ClN4O3. The number of hydrogen-bond donors (Lipinski definition) is 1. The molecule has 1 N–H and O–H groups in total. The molecule has 0 spiro atoms. The first-order valence-corrected chi connectivity index (χ1v) is 10.4. The number of benzene rings is 2. The summed E-state index contributed by atoms with van der Waals surface area (Å²) in [7, 11) is 3.36. The van der Waals surface area contributed by atoms with Crippen molar-refractivity contribution >= 4 is 40.1 Å². The number of nitrogens with one attached hydrogen (secondary N) is 1. The molecule has 0 aliphatic carbocycles. The number of fused-ring (bicyclic) bond motifs is 1. The van der Waals surface area contributed by atoms with E-state index in [0.717, 1.165) is 16.6 Å². The summed E-state index contributed by atoms with van der Waals surface area (Å²) in [5.41, 5.74) is 3.49. The number of anilines is 1. The highest BCUT2D eigenvalue weighted by Crippen LogP contribution is 2.31. The maximum absolute atomic E-state index is 13.4. The Morgan fingerprint density at radius 2 is 1.81 bits per heavy atom. The molecule has 0 saturated carbocycles. The smallest absolute Gasteiger partial charge is 0.262 e. The summed E-state index contributed by atoms with van der Waals surface area (Å²) in [6.07, 6.45) is 0.0978. The number of carbonyl (C=O) groups excluding carboxylic acids is 2. The molecule has 0 unspecified atom stereocenters. The molecule has 0 radical (unpaired) electrons. The van der Waals surface area contributed by atoms with Gasteiger partial charge in [-0.15, -0.1) is 0 Å². The van der Waals surface area contributed by atoms with Crippen molar-refractivity contribution in [3.63, 3.8) is 0 Å². The molecular weight excluding hydrogens is 428 g/mol. The molecule has 32 heavy (non-hydrogen) atoms. The Hall–Kier alpha value is -3.58. The molecule has 4 aromatic rings. The van der Waals surface area contributed by atoms with Crippen LogP contribution in [0.25, 0.3) is 10.9 Å². The van der Waals surface area contributed by atoms with Crippen LogP contribution in [-0.2, 0) is 18.3 Å². The number of carbonyl (C=O) groups is 2. The fourth-order valence-electron chi connectivity index (χ4n) is 3.87. The number of rotatable bonds is 5. The number of aromatic nitrogens is 3. The van der Waals surface area contributed by atoms with Crippen molar-refractivity contribution in [2.45, 2.75) is 20.3 Å². The predicted molar refractivity (Wildman–Crippen MR) is 125 cm³/mol. The normalized spacial score (nSPS) is 11.0. The second-order valence-corrected chi connectivity index (χ2v) is 8.05. The second-order valence-electron chi connectivity index (χ2n) is 7.61. The maximum atomic E-state index is 13.4. The minimum Gasteiger partial charge on any atom is -0.497 e. The SMILES string of the molecule is COc1ccc2c(c1)c(CC(=O)Nc1cc(C)nn1C)c(C)n2C(=O)c1ccc(Cl)cc1. The van der Waals surface area contributed by atoms with Gasteiger partial charge in [-0.2, -0.15) is 5.10 Å². The molecule has 0 fully saturated rings. The molecule has 0 bridgehead atoms. The van der Waals surface area contributed by atoms with E-state index in [9.17, 15) is 9.59 Å². The van der Waals surface area contributed by atoms with E-state index in [4.69, 9.17) is 16.3 Å². The van der Waals surface area contributed by atoms with E-state index in [1.54, 1.807) is 59.8 Å². The van der Waals surface area contributed by atoms with Crippen LogP contribution in [0, 0.1) is 13.8 Å². The Morgan fingerprint density at radius 3 is 2.44 bits per heavy atom. The van der Waals surface area contributed by atoms with E-state index >= 15 is 0 Å². The zero-order valence-corrected chi connectivity index (χ0v) is 19.0. The van der Waals surface area contributed by atoms with Gasteiger partial charge in [0.15, 0.2) is 0 Å². The van der Waals surface area contributed by atoms with Gasteiger partial charge in [-0.3, -0.25) is 18.8 Å². The summed E-state index contributed by atoms with van der Waals surface area (Å²) in [4.78, 5) is 26.2. The molecule has 4 rings (SSSR count). The number of halogens is 1. The van der Waals surface area contributed by atoms with Crippen molar-refractivity contribution in [2.75, 3.05) is 12.4 Å². The van der Waals surface area contributed by atoms with Crippen LogP contribution < -0.4 is 10.1 Å². The van der Waals surface area contributed by atoms with Crippen molar-refractivity contribution in [1.29, 1.82) is 0 Å². The Labute approximate surface area is 190 Å². The number of amides is 1. The van der Waals surface area contributed by atoms with Crippen molar-refractivity contribution in [1.82, 2.24) is 14.3 Å². The van der Waals surface area contributed by atoms with E-state index in [0.29, 0.717) is 33.4 Å². The van der Waals surface area contributed by atoms with E-state index in [-0.39, 0.29) is 18.2 Å². The lowest BCUT2D eigenvalue weighted by Crippen LogP contribution is -2.18. The molecule has 2 aromatic carbocycles. The lowest BCUT2D eigenvalue weighted by Gasteiger charge is -2.08. The highest BCUT2D eigenvalue weighted by molar-refractivity contribution is 6.30. The summed E-state index contributed by atoms with van der Waals surface area (Å²) in [5, 5.41) is 8.50. The van der Waals surface area contributed by atoms with Gasteiger partial charge in [0.2, 0.25) is 5.91 Å². The van der Waals surface area contributed by atoms with E-state index in [1.165, 1.54) is 0 Å². The second kappa shape index (κ2) is 8.51. The van der Waals surface area contributed by atoms with Gasteiger partial charge in [0.1, 0.15) is 11.6 Å². The number of ether oxygens (including phenoxy) is 1. The van der Waals surface area contributed by atoms with Crippen LogP contribution in [0.3, 0.4) is 0 Å². The quantitative estimate of drug-likeness (QED) is 0.484. The monoisotopic (exact) mass is 450 g/mol. The van der Waals surface area contributed by atoms with Gasteiger partial charge in [-0.1, -0.05) is 11.6 Å². The van der Waals surface area contributed by atoms with Crippen LogP contribution in [0.4, 0.5) is 5.82 Å². The molecule has 0 saturated heterocycles. The maximum Gasteiger partial charge on any atom is 0.262 e. The largest absolute Gasteiger partial charge is 0.497 e. The lowest BCUT2D eigenvalue weighted by molar-refractivity contribution is -0.115. The molecule has 0 atom stereocenters. The Balaban J connectivity index is 1.76. The highest BCUT2D eigenvalue weighted by Gasteiger charge is 2.22. The van der Waals surface area contributed by atoms with Gasteiger partial charge in [-0.25, -0.2) is 0 Å². The molecule has 2 heterocycles. The minimum absolute atomic E-state index is 0.0978. The van der Waals surface area contributed by atoms with Crippen LogP contribution in [0.1, 0.15) is 27.3 Å². The van der Waals surface area contributed by atoms with Crippen LogP contribution in [0.2, 0.25) is 5.02 Å². The fraction of sp³-hybridized carbons (Fsp3) is 0.208. The third-order valence-corrected chi connectivity index (χ3v) is 5.69. The molecule has 2 aromatic heterocycles. The Morgan fingerprint density at radius 1 is 1.09 bits per heavy atom. The summed E-state index contributed by atoms with van der Waals surface area (Å²) in [5.74, 6) is 0.876. The lowest BCUT2D eigenvalue weighted by atomic mass is 10.1. The molecule has 7 nitrogen and oxygen atoms in total. The summed E-state index contributed by atoms with van der Waals surface area (Å²) < 4.78 is 8.64. The summed E-state index contributed by atoms with van der Waals surface area (Å²) >= 11 is 5.98. The number of nitrogens with zero attached hydrogens (tertiary/aromatic N) is 3. The Kier molecular flexibility index (Phi) is 5.76. The van der Waals surface area contributed by atoms with Gasteiger partial charge in [0.05, 0.1) is 24.7 Å². The van der Waals surface area contributed by atoms with E-state index in [1.807, 2.05) is 26.0 Å². The molecule has 8 heteroatoms. The first-order chi connectivity index (χ1) is 15.3. The fourth-order valence-corrected chi connectivity index (χ4v) is 4.00. The first-order valence-electron chi connectivity index (χ1n) is 10.1. The number of methoxy groups -OCH3 is 1. The van der Waals surface area contributed by atoms with Gasteiger partial charge in [0.25, 0.3) is 5.91 Å². The van der Waals surface area contributed by atoms with Gasteiger partial charge in [-0.05, 0) is 61.9 Å². The average Bonchev–Trinajstić information content (AvgIpc) is 3.22. The molecule has 0 aliphatic rings. The van der Waals surface area contributed by atoms with Gasteiger partial charge >= 0.3 is 0 Å². The van der Waals surface area contributed by atoms with Crippen molar-refractivity contribution < 1.29 is 14.3 Å². The van der Waals surface area contributed by atoms with Crippen LogP contribution >= 0.6 is 11.6 Å². The summed E-state index contributed by atoms with van der Waals surface area (Å²) in [6, 6.07) is 14.0. The minimum atomic E-state index is -0.197. The average molecular weight is 451 g/mol. The highest BCUT2D eigenvalue weighted by atomic mass is 35.5. The summed E-state index contributed by atoms with van der Waals surface area (Å²) in [6.45, 7) is 3.71. The van der Waals surface area contributed by atoms with Crippen LogP contribution in [0.15, 0.2) is 48.5 Å². The Bertz CT molecular complexity index is 1340. The standard InChI is InChI=1S/C24H23ClN4O3/c1-14-11-22(28(3)27-14)26-23(30)13-19-15(2)29(21-10-9-18(32-4)12-20(19)21)24(31)16-5-7-17(25)8-6-16/h5-12H,13H2,1-4H3,(H,26,30). The van der Waals surface area contributed by atoms with Crippen molar-refractivity contribution in [2.24, 2.45) is 7.05 Å². The topological polar surface area (TPSA) is 78.2 Å². The third kappa shape index (κ3) is 3.99. The number of aryl methyl sites for hydroxylation is 2. The van der Waals surface area contributed by atoms with E-state index in [2.05, 4.69) is 10.4 Å². The number of hydrogen-bond acceptors (Lipinski definition) is 4. The van der Waals surface area contributed by atoms with Gasteiger partial charge < -0.3 is 10.1 Å². The third-order valence-electron chi connectivity index (χ3n) is 5.44. The van der Waals surface area contributed by atoms with Crippen LogP contribution in [-0.4, -0.2) is 33.3 Å². The van der Waals surface area contributed by atoms with E-state index < -0.39 is 0 Å². The van der Waals surface area contributed by atoms with Gasteiger partial charge in [0, 0.05) is 34.8 Å². The molecule has 1 amide bonds. The zero-order chi connectivity index (χ0) is 23.0. The van der Waals surface area contributed by atoms with Crippen molar-refractivity contribution in [3.8, 4) is 5.75 Å². The molecule has 0 aliphatic heterocycles. The first kappa shape index (κ1) is 21.6.